The van der Waals surface area contributed by atoms with Crippen molar-refractivity contribution in [1.82, 2.24) is 0 Å². The number of ketones is 1. The van der Waals surface area contributed by atoms with Crippen molar-refractivity contribution in [1.29, 1.82) is 0 Å². The van der Waals surface area contributed by atoms with Crippen molar-refractivity contribution < 1.29 is 19.4 Å². The third-order valence-electron chi connectivity index (χ3n) is 8.43. The van der Waals surface area contributed by atoms with Crippen LogP contribution >= 0.6 is 0 Å². The van der Waals surface area contributed by atoms with Crippen molar-refractivity contribution >= 4 is 17.4 Å². The summed E-state index contributed by atoms with van der Waals surface area (Å²) in [5.74, 6) is 0.651. The van der Waals surface area contributed by atoms with E-state index in [2.05, 4.69) is 44.2 Å². The van der Waals surface area contributed by atoms with Gasteiger partial charge in [-0.05, 0) is 31.0 Å². The SMILES string of the molecule is CCC12C[NH+]3CC(C)(C[NH+](C1)C31C(=O)N(Cc3ccccc3)c3ccccc31)C2=O. The second kappa shape index (κ2) is 5.80. The fourth-order valence-electron chi connectivity index (χ4n) is 7.22. The number of para-hydroxylation sites is 1. The number of quaternary nitrogens is 2. The van der Waals surface area contributed by atoms with Crippen molar-refractivity contribution in [3.05, 3.63) is 65.7 Å². The Bertz CT molecular complexity index is 1050. The largest absolute Gasteiger partial charge is 0.354 e. The summed E-state index contributed by atoms with van der Waals surface area (Å²) in [7, 11) is 0. The average Bonchev–Trinajstić information content (AvgIpc) is 2.99. The summed E-state index contributed by atoms with van der Waals surface area (Å²) in [6.07, 6.45) is 0.869. The van der Waals surface area contributed by atoms with Crippen LogP contribution in [-0.4, -0.2) is 37.9 Å². The third-order valence-corrected chi connectivity index (χ3v) is 8.43. The Morgan fingerprint density at radius 2 is 1.53 bits per heavy atom. The third kappa shape index (κ3) is 2.00. The molecule has 7 rings (SSSR count). The molecule has 0 saturated carbocycles. The second-order valence-electron chi connectivity index (χ2n) is 10.1. The Morgan fingerprint density at radius 3 is 2.20 bits per heavy atom. The van der Waals surface area contributed by atoms with Crippen LogP contribution in [0.25, 0.3) is 0 Å². The highest BCUT2D eigenvalue weighted by Crippen LogP contribution is 2.44. The lowest BCUT2D eigenvalue weighted by Gasteiger charge is -2.62. The molecule has 2 aromatic rings. The smallest absolute Gasteiger partial charge is 0.297 e. The van der Waals surface area contributed by atoms with E-state index in [1.54, 1.807) is 0 Å². The number of Topliss-reactive ketones (excluding diaryl/α,β-unsaturated/α-hetero) is 1. The summed E-state index contributed by atoms with van der Waals surface area (Å²) in [6.45, 7) is 7.95. The van der Waals surface area contributed by atoms with Gasteiger partial charge in [0.15, 0.2) is 5.78 Å². The number of piperidine rings is 2. The normalized spacial score (nSPS) is 38.5. The molecule has 2 atom stereocenters. The van der Waals surface area contributed by atoms with E-state index in [0.29, 0.717) is 12.3 Å². The molecule has 1 spiro atoms. The number of nitrogens with zero attached hydrogens (tertiary/aromatic N) is 1. The molecule has 5 nitrogen and oxygen atoms in total. The van der Waals surface area contributed by atoms with E-state index >= 15 is 0 Å². The van der Waals surface area contributed by atoms with E-state index in [1.165, 1.54) is 9.80 Å². The quantitative estimate of drug-likeness (QED) is 0.768. The van der Waals surface area contributed by atoms with Crippen LogP contribution in [0.3, 0.4) is 0 Å². The molecule has 5 heteroatoms. The topological polar surface area (TPSA) is 46.3 Å². The lowest BCUT2D eigenvalue weighted by molar-refractivity contribution is -1.20. The molecule has 2 aromatic carbocycles. The van der Waals surface area contributed by atoms with E-state index in [0.717, 1.165) is 49.4 Å². The molecule has 5 aliphatic heterocycles. The van der Waals surface area contributed by atoms with E-state index in [1.807, 2.05) is 29.2 Å². The van der Waals surface area contributed by atoms with Crippen LogP contribution < -0.4 is 14.7 Å². The molecule has 5 aliphatic rings. The fourth-order valence-corrected chi connectivity index (χ4v) is 7.22. The van der Waals surface area contributed by atoms with Crippen molar-refractivity contribution in [3.63, 3.8) is 0 Å². The lowest BCUT2D eigenvalue weighted by Crippen LogP contribution is -3.48. The van der Waals surface area contributed by atoms with Gasteiger partial charge in [0.2, 0.25) is 0 Å². The highest BCUT2D eigenvalue weighted by Gasteiger charge is 2.79. The summed E-state index contributed by atoms with van der Waals surface area (Å²) < 4.78 is 0. The summed E-state index contributed by atoms with van der Waals surface area (Å²) >= 11 is 0. The number of rotatable bonds is 3. The Kier molecular flexibility index (Phi) is 3.54. The number of benzene rings is 2. The van der Waals surface area contributed by atoms with Crippen LogP contribution in [-0.2, 0) is 21.8 Å². The molecule has 0 aromatic heterocycles. The van der Waals surface area contributed by atoms with Crippen LogP contribution in [0.4, 0.5) is 5.69 Å². The number of hydrogen-bond donors (Lipinski definition) is 2. The predicted molar refractivity (Wildman–Crippen MR) is 113 cm³/mol. The molecule has 5 heterocycles. The predicted octanol–water partition coefficient (Wildman–Crippen LogP) is 0.169. The van der Waals surface area contributed by atoms with Gasteiger partial charge in [0.05, 0.1) is 12.2 Å². The minimum absolute atomic E-state index is 0.207. The fraction of sp³-hybridized carbons (Fsp3) is 0.440. The number of carbonyl (C=O) groups excluding carboxylic acids is 2. The van der Waals surface area contributed by atoms with E-state index in [9.17, 15) is 9.59 Å². The maximum absolute atomic E-state index is 14.3. The monoisotopic (exact) mass is 403 g/mol. The Morgan fingerprint density at radius 1 is 0.900 bits per heavy atom. The minimum atomic E-state index is -0.607. The summed E-state index contributed by atoms with van der Waals surface area (Å²) in [4.78, 5) is 32.2. The highest BCUT2D eigenvalue weighted by atomic mass is 16.2. The van der Waals surface area contributed by atoms with Gasteiger partial charge in [-0.25, -0.2) is 0 Å². The zero-order chi connectivity index (χ0) is 20.7. The van der Waals surface area contributed by atoms with Crippen LogP contribution in [0.15, 0.2) is 54.6 Å². The van der Waals surface area contributed by atoms with Gasteiger partial charge in [-0.1, -0.05) is 49.4 Å². The van der Waals surface area contributed by atoms with E-state index in [-0.39, 0.29) is 16.7 Å². The first-order chi connectivity index (χ1) is 14.4. The first-order valence-electron chi connectivity index (χ1n) is 11.2. The molecule has 154 valence electrons. The lowest BCUT2D eigenvalue weighted by atomic mass is 9.58. The molecule has 4 saturated heterocycles. The van der Waals surface area contributed by atoms with Crippen molar-refractivity contribution in [2.45, 2.75) is 32.5 Å². The van der Waals surface area contributed by atoms with Crippen LogP contribution in [0, 0.1) is 10.8 Å². The van der Waals surface area contributed by atoms with E-state index < -0.39 is 5.66 Å². The van der Waals surface area contributed by atoms with Crippen molar-refractivity contribution in [2.75, 3.05) is 31.1 Å². The van der Waals surface area contributed by atoms with Gasteiger partial charge < -0.3 is 0 Å². The molecular formula is C25H29N3O2+2. The van der Waals surface area contributed by atoms with Crippen LogP contribution in [0.1, 0.15) is 31.4 Å². The molecule has 4 fully saturated rings. The zero-order valence-corrected chi connectivity index (χ0v) is 17.7. The maximum atomic E-state index is 14.3. The summed E-state index contributed by atoms with van der Waals surface area (Å²) in [5, 5.41) is 0. The molecule has 0 radical (unpaired) electrons. The number of anilines is 1. The summed E-state index contributed by atoms with van der Waals surface area (Å²) in [5.41, 5.74) is 2.14. The Labute approximate surface area is 177 Å². The molecule has 2 unspecified atom stereocenters. The van der Waals surface area contributed by atoms with Gasteiger partial charge in [0, 0.05) is 0 Å². The molecule has 4 bridgehead atoms. The Hall–Kier alpha value is -2.50. The molecular weight excluding hydrogens is 374 g/mol. The highest BCUT2D eigenvalue weighted by molar-refractivity contribution is 6.06. The van der Waals surface area contributed by atoms with Gasteiger partial charge in [0.25, 0.3) is 0 Å². The van der Waals surface area contributed by atoms with E-state index in [4.69, 9.17) is 0 Å². The molecule has 1 amide bonds. The first kappa shape index (κ1) is 18.3. The van der Waals surface area contributed by atoms with Crippen molar-refractivity contribution in [2.24, 2.45) is 10.8 Å². The molecule has 30 heavy (non-hydrogen) atoms. The number of nitrogens with one attached hydrogen (secondary N) is 2. The van der Waals surface area contributed by atoms with Crippen LogP contribution in [0.2, 0.25) is 0 Å². The molecule has 2 N–H and O–H groups in total. The van der Waals surface area contributed by atoms with Gasteiger partial charge in [-0.3, -0.25) is 24.3 Å². The van der Waals surface area contributed by atoms with Gasteiger partial charge in [0.1, 0.15) is 42.6 Å². The second-order valence-corrected chi connectivity index (χ2v) is 10.1. The molecule has 0 aliphatic carbocycles. The average molecular weight is 404 g/mol. The number of carbonyl (C=O) groups is 2. The van der Waals surface area contributed by atoms with Gasteiger partial charge in [-0.2, -0.15) is 0 Å². The maximum Gasteiger partial charge on any atom is 0.354 e. The Balaban J connectivity index is 1.49. The van der Waals surface area contributed by atoms with Gasteiger partial charge >= 0.3 is 11.6 Å². The standard InChI is InChI=1S/C25H27N3O2/c1-3-24-16-26-14-23(2,21(24)29)15-27(17-24)25(26)19-11-7-8-12-20(19)28(22(25)30)13-18-9-5-4-6-10-18/h4-12H,3,13-17H2,1-2H3/p+2. The summed E-state index contributed by atoms with van der Waals surface area (Å²) in [6, 6.07) is 18.6. The number of fused-ring (bicyclic) bond motifs is 1. The number of hydrogen-bond acceptors (Lipinski definition) is 2. The minimum Gasteiger partial charge on any atom is -0.297 e. The number of amides is 1. The van der Waals surface area contributed by atoms with Crippen molar-refractivity contribution in [3.8, 4) is 0 Å². The van der Waals surface area contributed by atoms with Crippen LogP contribution in [0.5, 0.6) is 0 Å². The van der Waals surface area contributed by atoms with Gasteiger partial charge in [-0.15, -0.1) is 0 Å². The first-order valence-corrected chi connectivity index (χ1v) is 11.2. The zero-order valence-electron chi connectivity index (χ0n) is 17.7.